The molecule has 1 heterocycles. The lowest BCUT2D eigenvalue weighted by atomic mass is 9.85. The zero-order valence-electron chi connectivity index (χ0n) is 14.0. The molecule has 1 rings (SSSR count). The van der Waals surface area contributed by atoms with Crippen molar-refractivity contribution in [1.29, 1.82) is 0 Å². The normalized spacial score (nSPS) is 23.1. The number of hydrogen-bond donors (Lipinski definition) is 3. The average molecular weight is 313 g/mol. The van der Waals surface area contributed by atoms with Crippen molar-refractivity contribution < 1.29 is 19.5 Å². The van der Waals surface area contributed by atoms with Crippen LogP contribution < -0.4 is 10.6 Å². The molecule has 0 unspecified atom stereocenters. The van der Waals surface area contributed by atoms with E-state index in [1.54, 1.807) is 0 Å². The van der Waals surface area contributed by atoms with E-state index in [9.17, 15) is 19.5 Å². The number of nitrogens with one attached hydrogen (secondary N) is 2. The third-order valence-corrected chi connectivity index (χ3v) is 4.05. The van der Waals surface area contributed by atoms with Gasteiger partial charge in [-0.2, -0.15) is 0 Å². The summed E-state index contributed by atoms with van der Waals surface area (Å²) < 4.78 is 0. The summed E-state index contributed by atoms with van der Waals surface area (Å²) in [5.41, 5.74) is -0.200. The fraction of sp³-hybridized carbons (Fsp3) is 0.800. The van der Waals surface area contributed by atoms with E-state index in [0.717, 1.165) is 0 Å². The molecule has 0 saturated carbocycles. The van der Waals surface area contributed by atoms with E-state index in [0.29, 0.717) is 12.8 Å². The van der Waals surface area contributed by atoms with Crippen LogP contribution in [0.1, 0.15) is 40.5 Å². The maximum Gasteiger partial charge on any atom is 0.248 e. The predicted molar refractivity (Wildman–Crippen MR) is 81.9 cm³/mol. The zero-order valence-corrected chi connectivity index (χ0v) is 14.0. The number of carbonyl (C=O) groups excluding carboxylic acids is 3. The number of aliphatic hydroxyl groups excluding tert-OH is 1. The van der Waals surface area contributed by atoms with E-state index in [1.807, 2.05) is 20.8 Å². The van der Waals surface area contributed by atoms with E-state index in [1.165, 1.54) is 18.9 Å². The van der Waals surface area contributed by atoms with E-state index in [-0.39, 0.29) is 17.4 Å². The maximum absolute atomic E-state index is 12.8. The topological polar surface area (TPSA) is 98.7 Å². The first-order valence-electron chi connectivity index (χ1n) is 7.55. The minimum atomic E-state index is -1.02. The van der Waals surface area contributed by atoms with Gasteiger partial charge in [0.1, 0.15) is 12.1 Å². The highest BCUT2D eigenvalue weighted by Gasteiger charge is 2.46. The summed E-state index contributed by atoms with van der Waals surface area (Å²) in [5.74, 6) is -1.03. The van der Waals surface area contributed by atoms with Gasteiger partial charge < -0.3 is 20.6 Å². The highest BCUT2D eigenvalue weighted by molar-refractivity contribution is 5.92. The number of aliphatic hydroxyl groups is 1. The summed E-state index contributed by atoms with van der Waals surface area (Å²) in [4.78, 5) is 37.6. The molecule has 0 aromatic carbocycles. The van der Waals surface area contributed by atoms with Crippen molar-refractivity contribution in [2.24, 2.45) is 5.41 Å². The molecular weight excluding hydrogens is 286 g/mol. The third kappa shape index (κ3) is 3.97. The Labute approximate surface area is 131 Å². The molecule has 1 aliphatic rings. The number of nitrogens with zero attached hydrogens (tertiary/aromatic N) is 1. The van der Waals surface area contributed by atoms with Crippen molar-refractivity contribution in [3.8, 4) is 0 Å². The molecule has 7 nitrogen and oxygen atoms in total. The Morgan fingerprint density at radius 2 is 1.86 bits per heavy atom. The Balaban J connectivity index is 3.10. The summed E-state index contributed by atoms with van der Waals surface area (Å²) in [5, 5.41) is 14.4. The Hall–Kier alpha value is -1.63. The van der Waals surface area contributed by atoms with Crippen LogP contribution in [0.2, 0.25) is 0 Å². The third-order valence-electron chi connectivity index (χ3n) is 4.05. The maximum atomic E-state index is 12.8. The van der Waals surface area contributed by atoms with Crippen LogP contribution in [-0.2, 0) is 14.4 Å². The number of rotatable bonds is 4. The van der Waals surface area contributed by atoms with Crippen LogP contribution >= 0.6 is 0 Å². The second-order valence-electron chi connectivity index (χ2n) is 6.77. The fourth-order valence-electron chi connectivity index (χ4n) is 3.00. The second kappa shape index (κ2) is 7.09. The molecular formula is C15H27N3O4. The van der Waals surface area contributed by atoms with Gasteiger partial charge in [0.05, 0.1) is 6.61 Å². The van der Waals surface area contributed by atoms with Gasteiger partial charge in [0.25, 0.3) is 0 Å². The van der Waals surface area contributed by atoms with Gasteiger partial charge in [-0.3, -0.25) is 14.4 Å². The first kappa shape index (κ1) is 18.4. The van der Waals surface area contributed by atoms with E-state index in [2.05, 4.69) is 10.6 Å². The van der Waals surface area contributed by atoms with Crippen LogP contribution in [0.4, 0.5) is 0 Å². The lowest BCUT2D eigenvalue weighted by molar-refractivity contribution is -0.145. The average Bonchev–Trinajstić information content (AvgIpc) is 2.87. The van der Waals surface area contributed by atoms with Crippen LogP contribution in [0.15, 0.2) is 0 Å². The van der Waals surface area contributed by atoms with Gasteiger partial charge in [-0.05, 0) is 18.3 Å². The number of carbonyl (C=O) groups is 3. The first-order valence-corrected chi connectivity index (χ1v) is 7.55. The van der Waals surface area contributed by atoms with Crippen LogP contribution in [-0.4, -0.2) is 59.5 Å². The van der Waals surface area contributed by atoms with Crippen LogP contribution in [0.25, 0.3) is 0 Å². The molecule has 3 N–H and O–H groups in total. The molecule has 22 heavy (non-hydrogen) atoms. The zero-order chi connectivity index (χ0) is 17.1. The van der Waals surface area contributed by atoms with Crippen LogP contribution in [0.5, 0.6) is 0 Å². The largest absolute Gasteiger partial charge is 0.394 e. The molecule has 0 bridgehead atoms. The van der Waals surface area contributed by atoms with Crippen molar-refractivity contribution in [2.45, 2.75) is 58.7 Å². The fourth-order valence-corrected chi connectivity index (χ4v) is 3.00. The summed E-state index contributed by atoms with van der Waals surface area (Å²) in [6.07, 6.45) is 1.29. The van der Waals surface area contributed by atoms with Gasteiger partial charge in [-0.15, -0.1) is 0 Å². The standard InChI is InChI=1S/C15H27N3O4/c1-9(20)17-10(8-19)14(22)18-11(13(21)16-5)6-7-12(18)15(2,3)4/h10-12,19H,6-8H2,1-5H3,(H,16,21)(H,17,20)/t10-,11-,12+/m0/s1. The van der Waals surface area contributed by atoms with E-state index in [4.69, 9.17) is 0 Å². The van der Waals surface area contributed by atoms with E-state index >= 15 is 0 Å². The van der Waals surface area contributed by atoms with Crippen LogP contribution in [0, 0.1) is 5.41 Å². The monoisotopic (exact) mass is 313 g/mol. The summed E-state index contributed by atoms with van der Waals surface area (Å²) in [6.45, 7) is 6.83. The van der Waals surface area contributed by atoms with Gasteiger partial charge >= 0.3 is 0 Å². The molecule has 0 aromatic heterocycles. The first-order chi connectivity index (χ1) is 10.1. The van der Waals surface area contributed by atoms with Gasteiger partial charge in [0, 0.05) is 20.0 Å². The molecule has 3 amide bonds. The van der Waals surface area contributed by atoms with Crippen molar-refractivity contribution in [2.75, 3.05) is 13.7 Å². The molecule has 0 aromatic rings. The Morgan fingerprint density at radius 3 is 2.27 bits per heavy atom. The summed E-state index contributed by atoms with van der Waals surface area (Å²) in [7, 11) is 1.53. The van der Waals surface area contributed by atoms with Crippen LogP contribution in [0.3, 0.4) is 0 Å². The molecule has 1 fully saturated rings. The highest BCUT2D eigenvalue weighted by atomic mass is 16.3. The van der Waals surface area contributed by atoms with Crippen molar-refractivity contribution in [1.82, 2.24) is 15.5 Å². The molecule has 3 atom stereocenters. The summed E-state index contributed by atoms with van der Waals surface area (Å²) >= 11 is 0. The minimum absolute atomic E-state index is 0.120. The van der Waals surface area contributed by atoms with Crippen molar-refractivity contribution in [3.63, 3.8) is 0 Å². The molecule has 1 aliphatic heterocycles. The molecule has 126 valence electrons. The van der Waals surface area contributed by atoms with Gasteiger partial charge in [0.2, 0.25) is 17.7 Å². The van der Waals surface area contributed by atoms with Crippen molar-refractivity contribution in [3.05, 3.63) is 0 Å². The number of amides is 3. The predicted octanol–water partition coefficient (Wildman–Crippen LogP) is -0.365. The molecule has 0 aliphatic carbocycles. The Bertz CT molecular complexity index is 445. The smallest absolute Gasteiger partial charge is 0.248 e. The molecule has 1 saturated heterocycles. The molecule has 7 heteroatoms. The van der Waals surface area contributed by atoms with Gasteiger partial charge in [-0.1, -0.05) is 20.8 Å². The van der Waals surface area contributed by atoms with Gasteiger partial charge in [-0.25, -0.2) is 0 Å². The number of hydrogen-bond acceptors (Lipinski definition) is 4. The molecule has 0 spiro atoms. The van der Waals surface area contributed by atoms with E-state index < -0.39 is 30.5 Å². The Kier molecular flexibility index (Phi) is 5.93. The second-order valence-corrected chi connectivity index (χ2v) is 6.77. The Morgan fingerprint density at radius 1 is 1.27 bits per heavy atom. The SMILES string of the molecule is CNC(=O)[C@@H]1CC[C@H](C(C)(C)C)N1C(=O)[C@H](CO)NC(C)=O. The number of likely N-dealkylation sites (tertiary alicyclic amines) is 1. The summed E-state index contributed by atoms with van der Waals surface area (Å²) in [6, 6.07) is -1.71. The highest BCUT2D eigenvalue weighted by Crippen LogP contribution is 2.36. The van der Waals surface area contributed by atoms with Gasteiger partial charge in [0.15, 0.2) is 0 Å². The van der Waals surface area contributed by atoms with Crippen molar-refractivity contribution >= 4 is 17.7 Å². The lowest BCUT2D eigenvalue weighted by Crippen LogP contribution is -2.58. The lowest BCUT2D eigenvalue weighted by Gasteiger charge is -2.39. The minimum Gasteiger partial charge on any atom is -0.394 e. The number of likely N-dealkylation sites (N-methyl/N-ethyl adjacent to an activating group) is 1. The quantitative estimate of drug-likeness (QED) is 0.660. The molecule has 0 radical (unpaired) electrons.